The maximum absolute atomic E-state index is 11.1. The zero-order chi connectivity index (χ0) is 12.8. The van der Waals surface area contributed by atoms with Crippen LogP contribution in [0, 0.1) is 6.92 Å². The average Bonchev–Trinajstić information content (AvgIpc) is 2.29. The van der Waals surface area contributed by atoms with Gasteiger partial charge in [0.2, 0.25) is 0 Å². The molecule has 0 heterocycles. The highest BCUT2D eigenvalue weighted by atomic mass is 16.6. The highest BCUT2D eigenvalue weighted by molar-refractivity contribution is 5.74. The number of nitrogens with two attached hydrogens (primary N) is 1. The standard InChI is InChI=1S/C13H19NO3/c1-9-4-6-12(7-5-9)17-10(2)8-16-13(15)11(3)14/h4-7,10-11H,8,14H2,1-3H3/t10-,11?/m0/s1. The number of esters is 1. The molecule has 0 radical (unpaired) electrons. The predicted molar refractivity (Wildman–Crippen MR) is 65.9 cm³/mol. The second kappa shape index (κ2) is 6.25. The molecule has 4 nitrogen and oxygen atoms in total. The van der Waals surface area contributed by atoms with Crippen molar-refractivity contribution in [2.24, 2.45) is 5.73 Å². The van der Waals surface area contributed by atoms with Crippen molar-refractivity contribution in [1.82, 2.24) is 0 Å². The first-order valence-corrected chi connectivity index (χ1v) is 5.64. The molecule has 94 valence electrons. The summed E-state index contributed by atoms with van der Waals surface area (Å²) in [5.74, 6) is 0.351. The lowest BCUT2D eigenvalue weighted by Crippen LogP contribution is -2.31. The molecular weight excluding hydrogens is 218 g/mol. The summed E-state index contributed by atoms with van der Waals surface area (Å²) >= 11 is 0. The van der Waals surface area contributed by atoms with E-state index in [1.54, 1.807) is 6.92 Å². The molecule has 0 aliphatic heterocycles. The van der Waals surface area contributed by atoms with Crippen molar-refractivity contribution in [3.05, 3.63) is 29.8 Å². The fourth-order valence-electron chi connectivity index (χ4n) is 1.21. The number of ether oxygens (including phenoxy) is 2. The predicted octanol–water partition coefficient (Wildman–Crippen LogP) is 1.65. The third-order valence-electron chi connectivity index (χ3n) is 2.19. The van der Waals surface area contributed by atoms with Gasteiger partial charge in [-0.2, -0.15) is 0 Å². The van der Waals surface area contributed by atoms with Crippen LogP contribution in [-0.4, -0.2) is 24.7 Å². The molecule has 0 saturated carbocycles. The Balaban J connectivity index is 2.37. The number of benzene rings is 1. The highest BCUT2D eigenvalue weighted by Crippen LogP contribution is 2.13. The maximum atomic E-state index is 11.1. The van der Waals surface area contributed by atoms with Crippen LogP contribution in [0.1, 0.15) is 19.4 Å². The van der Waals surface area contributed by atoms with Crippen LogP contribution in [-0.2, 0) is 9.53 Å². The van der Waals surface area contributed by atoms with Crippen LogP contribution in [0.15, 0.2) is 24.3 Å². The Bertz CT molecular complexity index is 359. The monoisotopic (exact) mass is 237 g/mol. The Labute approximate surface area is 102 Å². The van der Waals surface area contributed by atoms with Crippen molar-refractivity contribution in [2.45, 2.75) is 32.9 Å². The second-order valence-electron chi connectivity index (χ2n) is 4.16. The minimum atomic E-state index is -0.596. The number of aryl methyl sites for hydroxylation is 1. The summed E-state index contributed by atoms with van der Waals surface area (Å²) in [6, 6.07) is 7.12. The number of hydrogen-bond acceptors (Lipinski definition) is 4. The zero-order valence-corrected chi connectivity index (χ0v) is 10.5. The van der Waals surface area contributed by atoms with E-state index in [9.17, 15) is 4.79 Å². The third-order valence-corrected chi connectivity index (χ3v) is 2.19. The van der Waals surface area contributed by atoms with Gasteiger partial charge in [-0.3, -0.25) is 4.79 Å². The van der Waals surface area contributed by atoms with Crippen molar-refractivity contribution in [1.29, 1.82) is 0 Å². The van der Waals surface area contributed by atoms with Gasteiger partial charge in [-0.15, -0.1) is 0 Å². The molecule has 2 N–H and O–H groups in total. The minimum Gasteiger partial charge on any atom is -0.487 e. The summed E-state index contributed by atoms with van der Waals surface area (Å²) in [4.78, 5) is 11.1. The summed E-state index contributed by atoms with van der Waals surface area (Å²) in [6.45, 7) is 5.65. The van der Waals surface area contributed by atoms with Crippen LogP contribution in [0.5, 0.6) is 5.75 Å². The summed E-state index contributed by atoms with van der Waals surface area (Å²) < 4.78 is 10.6. The van der Waals surface area contributed by atoms with Crippen molar-refractivity contribution >= 4 is 5.97 Å². The van der Waals surface area contributed by atoms with Crippen molar-refractivity contribution in [3.8, 4) is 5.75 Å². The lowest BCUT2D eigenvalue weighted by atomic mass is 10.2. The number of carbonyl (C=O) groups excluding carboxylic acids is 1. The van der Waals surface area contributed by atoms with E-state index >= 15 is 0 Å². The fraction of sp³-hybridized carbons (Fsp3) is 0.462. The van der Waals surface area contributed by atoms with Crippen molar-refractivity contribution < 1.29 is 14.3 Å². The molecule has 0 aliphatic rings. The Morgan fingerprint density at radius 1 is 1.29 bits per heavy atom. The number of rotatable bonds is 5. The second-order valence-corrected chi connectivity index (χ2v) is 4.16. The van der Waals surface area contributed by atoms with Crippen molar-refractivity contribution in [2.75, 3.05) is 6.61 Å². The molecule has 0 saturated heterocycles. The SMILES string of the molecule is Cc1ccc(O[C@@H](C)COC(=O)C(C)N)cc1. The molecule has 1 unspecified atom stereocenters. The first kappa shape index (κ1) is 13.5. The first-order chi connectivity index (χ1) is 7.99. The third kappa shape index (κ3) is 4.87. The summed E-state index contributed by atoms with van der Waals surface area (Å²) in [5, 5.41) is 0. The quantitative estimate of drug-likeness (QED) is 0.791. The van der Waals surface area contributed by atoms with Crippen LogP contribution in [0.25, 0.3) is 0 Å². The van der Waals surface area contributed by atoms with E-state index < -0.39 is 12.0 Å². The largest absolute Gasteiger partial charge is 0.487 e. The van der Waals surface area contributed by atoms with E-state index in [1.165, 1.54) is 5.56 Å². The molecule has 2 atom stereocenters. The normalized spacial score (nSPS) is 13.9. The number of hydrogen-bond donors (Lipinski definition) is 1. The highest BCUT2D eigenvalue weighted by Gasteiger charge is 2.11. The molecule has 4 heteroatoms. The van der Waals surface area contributed by atoms with Gasteiger partial charge in [0.15, 0.2) is 0 Å². The first-order valence-electron chi connectivity index (χ1n) is 5.64. The van der Waals surface area contributed by atoms with Crippen LogP contribution >= 0.6 is 0 Å². The molecule has 1 rings (SSSR count). The van der Waals surface area contributed by atoms with Gasteiger partial charge in [0.1, 0.15) is 24.5 Å². The molecule has 0 aliphatic carbocycles. The summed E-state index contributed by atoms with van der Waals surface area (Å²) in [6.07, 6.45) is -0.194. The maximum Gasteiger partial charge on any atom is 0.322 e. The Morgan fingerprint density at radius 2 is 1.88 bits per heavy atom. The van der Waals surface area contributed by atoms with Crippen LogP contribution < -0.4 is 10.5 Å². The van der Waals surface area contributed by atoms with E-state index in [4.69, 9.17) is 15.2 Å². The van der Waals surface area contributed by atoms with E-state index in [2.05, 4.69) is 0 Å². The van der Waals surface area contributed by atoms with Gasteiger partial charge in [0.05, 0.1) is 0 Å². The van der Waals surface area contributed by atoms with Gasteiger partial charge in [-0.25, -0.2) is 0 Å². The molecule has 0 spiro atoms. The summed E-state index contributed by atoms with van der Waals surface area (Å²) in [5.41, 5.74) is 6.55. The molecule has 0 fully saturated rings. The average molecular weight is 237 g/mol. The smallest absolute Gasteiger partial charge is 0.322 e. The van der Waals surface area contributed by atoms with E-state index in [1.807, 2.05) is 38.1 Å². The molecule has 0 bridgehead atoms. The number of carbonyl (C=O) groups is 1. The van der Waals surface area contributed by atoms with Crippen molar-refractivity contribution in [3.63, 3.8) is 0 Å². The topological polar surface area (TPSA) is 61.5 Å². The molecule has 0 amide bonds. The van der Waals surface area contributed by atoms with E-state index in [0.29, 0.717) is 0 Å². The molecule has 1 aromatic carbocycles. The van der Waals surface area contributed by atoms with Crippen LogP contribution in [0.4, 0.5) is 0 Å². The minimum absolute atomic E-state index is 0.194. The van der Waals surface area contributed by atoms with Crippen LogP contribution in [0.2, 0.25) is 0 Å². The van der Waals surface area contributed by atoms with Gasteiger partial charge in [-0.1, -0.05) is 17.7 Å². The van der Waals surface area contributed by atoms with Crippen LogP contribution in [0.3, 0.4) is 0 Å². The fourth-order valence-corrected chi connectivity index (χ4v) is 1.21. The van der Waals surface area contributed by atoms with E-state index in [0.717, 1.165) is 5.75 Å². The zero-order valence-electron chi connectivity index (χ0n) is 10.5. The Hall–Kier alpha value is -1.55. The molecule has 17 heavy (non-hydrogen) atoms. The van der Waals surface area contributed by atoms with Gasteiger partial charge in [-0.05, 0) is 32.9 Å². The van der Waals surface area contributed by atoms with E-state index in [-0.39, 0.29) is 12.7 Å². The molecule has 0 aromatic heterocycles. The lowest BCUT2D eigenvalue weighted by molar-refractivity contribution is -0.146. The Morgan fingerprint density at radius 3 is 2.41 bits per heavy atom. The lowest BCUT2D eigenvalue weighted by Gasteiger charge is -2.15. The van der Waals surface area contributed by atoms with Gasteiger partial charge in [0.25, 0.3) is 0 Å². The molecular formula is C13H19NO3. The van der Waals surface area contributed by atoms with Gasteiger partial charge >= 0.3 is 5.97 Å². The molecule has 1 aromatic rings. The Kier molecular flexibility index (Phi) is 4.97. The van der Waals surface area contributed by atoms with Gasteiger partial charge < -0.3 is 15.2 Å². The summed E-state index contributed by atoms with van der Waals surface area (Å²) in [7, 11) is 0. The van der Waals surface area contributed by atoms with Gasteiger partial charge in [0, 0.05) is 0 Å².